The molecule has 0 radical (unpaired) electrons. The first-order valence-corrected chi connectivity index (χ1v) is 9.78. The van der Waals surface area contributed by atoms with Gasteiger partial charge in [0, 0.05) is 17.8 Å². The molecule has 4 aromatic rings. The van der Waals surface area contributed by atoms with Gasteiger partial charge in [-0.15, -0.1) is 0 Å². The fourth-order valence-corrected chi connectivity index (χ4v) is 4.03. The molecule has 134 valence electrons. The van der Waals surface area contributed by atoms with Gasteiger partial charge in [-0.3, -0.25) is 0 Å². The van der Waals surface area contributed by atoms with E-state index in [0.717, 1.165) is 18.5 Å². The van der Waals surface area contributed by atoms with E-state index in [0.29, 0.717) is 0 Å². The Morgan fingerprint density at radius 2 is 1.46 bits per heavy atom. The standard InChI is InChI=1S/C27H21N/c1-2-8-21(9-3-1)14-17-27-26-13-7-6-11-23(26)18-19-28(27)25-16-15-22-10-4-5-12-24(22)20-25/h1-13,15-16,20,27H,18-19H2. The van der Waals surface area contributed by atoms with Crippen molar-refractivity contribution in [3.05, 3.63) is 114 Å². The van der Waals surface area contributed by atoms with Crippen molar-refractivity contribution in [2.24, 2.45) is 0 Å². The van der Waals surface area contributed by atoms with Crippen LogP contribution in [0, 0.1) is 11.8 Å². The van der Waals surface area contributed by atoms with Gasteiger partial charge in [-0.2, -0.15) is 0 Å². The van der Waals surface area contributed by atoms with Crippen LogP contribution in [0.4, 0.5) is 5.69 Å². The van der Waals surface area contributed by atoms with E-state index in [-0.39, 0.29) is 6.04 Å². The average molecular weight is 359 g/mol. The second-order valence-electron chi connectivity index (χ2n) is 7.21. The number of benzene rings is 4. The molecule has 0 bridgehead atoms. The van der Waals surface area contributed by atoms with Crippen molar-refractivity contribution < 1.29 is 0 Å². The predicted molar refractivity (Wildman–Crippen MR) is 118 cm³/mol. The minimum absolute atomic E-state index is 0.0614. The Balaban J connectivity index is 1.60. The molecule has 0 saturated carbocycles. The van der Waals surface area contributed by atoms with E-state index >= 15 is 0 Å². The quantitative estimate of drug-likeness (QED) is 0.377. The predicted octanol–water partition coefficient (Wildman–Crippen LogP) is 6.00. The molecule has 5 rings (SSSR count). The Labute approximate surface area is 166 Å². The Morgan fingerprint density at radius 3 is 2.36 bits per heavy atom. The van der Waals surface area contributed by atoms with E-state index < -0.39 is 0 Å². The average Bonchev–Trinajstić information content (AvgIpc) is 2.77. The lowest BCUT2D eigenvalue weighted by Gasteiger charge is -2.36. The molecule has 4 aromatic carbocycles. The van der Waals surface area contributed by atoms with E-state index in [9.17, 15) is 0 Å². The van der Waals surface area contributed by atoms with E-state index in [4.69, 9.17) is 0 Å². The molecule has 0 aromatic heterocycles. The summed E-state index contributed by atoms with van der Waals surface area (Å²) in [5.41, 5.74) is 5.03. The van der Waals surface area contributed by atoms with Crippen LogP contribution in [-0.4, -0.2) is 6.54 Å². The van der Waals surface area contributed by atoms with E-state index in [1.165, 1.54) is 27.6 Å². The van der Waals surface area contributed by atoms with Crippen molar-refractivity contribution in [1.82, 2.24) is 0 Å². The van der Waals surface area contributed by atoms with Gasteiger partial charge in [0.15, 0.2) is 0 Å². The first kappa shape index (κ1) is 16.7. The molecule has 0 amide bonds. The summed E-state index contributed by atoms with van der Waals surface area (Å²) in [5, 5.41) is 2.55. The lowest BCUT2D eigenvalue weighted by Crippen LogP contribution is -2.34. The number of hydrogen-bond donors (Lipinski definition) is 0. The van der Waals surface area contributed by atoms with Crippen LogP contribution in [0.5, 0.6) is 0 Å². The van der Waals surface area contributed by atoms with Crippen molar-refractivity contribution in [2.45, 2.75) is 12.5 Å². The third kappa shape index (κ3) is 3.15. The lowest BCUT2D eigenvalue weighted by molar-refractivity contribution is 0.682. The van der Waals surface area contributed by atoms with Crippen LogP contribution in [0.3, 0.4) is 0 Å². The van der Waals surface area contributed by atoms with Gasteiger partial charge in [0.2, 0.25) is 0 Å². The SMILES string of the molecule is C(#CC1c2ccccc2CCN1c1ccc2ccccc2c1)c1ccccc1. The Bertz CT molecular complexity index is 1180. The van der Waals surface area contributed by atoms with Crippen LogP contribution < -0.4 is 4.90 Å². The Morgan fingerprint density at radius 1 is 0.714 bits per heavy atom. The number of hydrogen-bond acceptors (Lipinski definition) is 1. The molecule has 1 heterocycles. The van der Waals surface area contributed by atoms with Gasteiger partial charge in [0.05, 0.1) is 0 Å². The molecule has 1 aliphatic rings. The molecule has 0 aliphatic carbocycles. The largest absolute Gasteiger partial charge is 0.353 e. The zero-order valence-corrected chi connectivity index (χ0v) is 15.7. The highest BCUT2D eigenvalue weighted by Crippen LogP contribution is 2.34. The van der Waals surface area contributed by atoms with Gasteiger partial charge < -0.3 is 4.90 Å². The number of nitrogens with zero attached hydrogens (tertiary/aromatic N) is 1. The zero-order chi connectivity index (χ0) is 18.8. The number of rotatable bonds is 1. The topological polar surface area (TPSA) is 3.24 Å². The summed E-state index contributed by atoms with van der Waals surface area (Å²) in [6, 6.07) is 34.3. The fraction of sp³-hybridized carbons (Fsp3) is 0.111. The van der Waals surface area contributed by atoms with Gasteiger partial charge in [-0.05, 0) is 52.6 Å². The molecule has 0 fully saturated rings. The fourth-order valence-electron chi connectivity index (χ4n) is 4.03. The van der Waals surface area contributed by atoms with Gasteiger partial charge in [-0.25, -0.2) is 0 Å². The van der Waals surface area contributed by atoms with Gasteiger partial charge in [-0.1, -0.05) is 84.6 Å². The highest BCUT2D eigenvalue weighted by molar-refractivity contribution is 5.86. The normalized spacial score (nSPS) is 15.6. The Hall–Kier alpha value is -3.50. The van der Waals surface area contributed by atoms with Crippen LogP contribution in [0.2, 0.25) is 0 Å². The third-order valence-electron chi connectivity index (χ3n) is 5.48. The van der Waals surface area contributed by atoms with Crippen molar-refractivity contribution in [3.8, 4) is 11.8 Å². The van der Waals surface area contributed by atoms with E-state index in [1.807, 2.05) is 18.2 Å². The first-order chi connectivity index (χ1) is 13.9. The molecule has 1 heteroatoms. The molecular weight excluding hydrogens is 338 g/mol. The molecule has 0 N–H and O–H groups in total. The summed E-state index contributed by atoms with van der Waals surface area (Å²) in [5.74, 6) is 6.97. The summed E-state index contributed by atoms with van der Waals surface area (Å²) in [4.78, 5) is 2.45. The van der Waals surface area contributed by atoms with Crippen LogP contribution >= 0.6 is 0 Å². The first-order valence-electron chi connectivity index (χ1n) is 9.78. The second kappa shape index (κ2) is 7.25. The summed E-state index contributed by atoms with van der Waals surface area (Å²) in [7, 11) is 0. The molecule has 1 nitrogen and oxygen atoms in total. The minimum Gasteiger partial charge on any atom is -0.353 e. The maximum Gasteiger partial charge on any atom is 0.117 e. The van der Waals surface area contributed by atoms with Crippen molar-refractivity contribution in [2.75, 3.05) is 11.4 Å². The zero-order valence-electron chi connectivity index (χ0n) is 15.7. The lowest BCUT2D eigenvalue weighted by atomic mass is 9.92. The highest BCUT2D eigenvalue weighted by atomic mass is 15.2. The van der Waals surface area contributed by atoms with Gasteiger partial charge >= 0.3 is 0 Å². The van der Waals surface area contributed by atoms with E-state index in [1.54, 1.807) is 0 Å². The van der Waals surface area contributed by atoms with Gasteiger partial charge in [0.25, 0.3) is 0 Å². The summed E-state index contributed by atoms with van der Waals surface area (Å²) < 4.78 is 0. The molecule has 1 atom stereocenters. The van der Waals surface area contributed by atoms with E-state index in [2.05, 4.69) is 95.6 Å². The van der Waals surface area contributed by atoms with Crippen molar-refractivity contribution >= 4 is 16.5 Å². The molecule has 28 heavy (non-hydrogen) atoms. The monoisotopic (exact) mass is 359 g/mol. The van der Waals surface area contributed by atoms with Crippen LogP contribution in [0.25, 0.3) is 10.8 Å². The van der Waals surface area contributed by atoms with Crippen LogP contribution in [-0.2, 0) is 6.42 Å². The summed E-state index contributed by atoms with van der Waals surface area (Å²) in [6.07, 6.45) is 1.05. The summed E-state index contributed by atoms with van der Waals surface area (Å²) >= 11 is 0. The molecular formula is C27H21N. The second-order valence-corrected chi connectivity index (χ2v) is 7.21. The van der Waals surface area contributed by atoms with Crippen LogP contribution in [0.15, 0.2) is 97.1 Å². The minimum atomic E-state index is 0.0614. The third-order valence-corrected chi connectivity index (χ3v) is 5.48. The number of fused-ring (bicyclic) bond motifs is 2. The van der Waals surface area contributed by atoms with Gasteiger partial charge in [0.1, 0.15) is 6.04 Å². The number of anilines is 1. The maximum atomic E-state index is 3.57. The Kier molecular flexibility index (Phi) is 4.31. The molecule has 0 saturated heterocycles. The van der Waals surface area contributed by atoms with Crippen molar-refractivity contribution in [3.63, 3.8) is 0 Å². The molecule has 1 aliphatic heterocycles. The highest BCUT2D eigenvalue weighted by Gasteiger charge is 2.26. The smallest absolute Gasteiger partial charge is 0.117 e. The van der Waals surface area contributed by atoms with Crippen LogP contribution in [0.1, 0.15) is 22.7 Å². The maximum absolute atomic E-state index is 3.57. The summed E-state index contributed by atoms with van der Waals surface area (Å²) in [6.45, 7) is 0.976. The molecule has 0 spiro atoms. The van der Waals surface area contributed by atoms with Crippen molar-refractivity contribution in [1.29, 1.82) is 0 Å². The molecule has 1 unspecified atom stereocenters.